The molecular weight excluding hydrogens is 314 g/mol. The quantitative estimate of drug-likeness (QED) is 0.769. The molecular formula is C15H17N5O4. The number of nitrogens with zero attached hydrogens (tertiary/aromatic N) is 5. The second-order valence-electron chi connectivity index (χ2n) is 5.36. The summed E-state index contributed by atoms with van der Waals surface area (Å²) in [6.45, 7) is 0.966. The van der Waals surface area contributed by atoms with E-state index in [0.717, 1.165) is 4.68 Å². The first kappa shape index (κ1) is 15.9. The number of carbonyl (C=O) groups is 1. The van der Waals surface area contributed by atoms with Crippen LogP contribution in [-0.2, 0) is 7.05 Å². The lowest BCUT2D eigenvalue weighted by Gasteiger charge is -2.16. The van der Waals surface area contributed by atoms with Gasteiger partial charge >= 0.3 is 0 Å². The maximum Gasteiger partial charge on any atom is 0.274 e. The van der Waals surface area contributed by atoms with E-state index >= 15 is 0 Å². The van der Waals surface area contributed by atoms with E-state index in [9.17, 15) is 9.59 Å². The lowest BCUT2D eigenvalue weighted by atomic mass is 10.3. The first-order valence-corrected chi connectivity index (χ1v) is 7.43. The van der Waals surface area contributed by atoms with Crippen molar-refractivity contribution in [1.82, 2.24) is 24.6 Å². The molecule has 0 N–H and O–H groups in total. The molecule has 1 unspecified atom stereocenters. The van der Waals surface area contributed by atoms with Gasteiger partial charge in [0, 0.05) is 26.1 Å². The number of amides is 1. The number of aryl methyl sites for hydroxylation is 1. The summed E-state index contributed by atoms with van der Waals surface area (Å²) in [5.74, 6) is 0.496. The Morgan fingerprint density at radius 2 is 2.08 bits per heavy atom. The molecule has 24 heavy (non-hydrogen) atoms. The number of rotatable bonds is 4. The lowest BCUT2D eigenvalue weighted by Crippen LogP contribution is -2.33. The zero-order chi connectivity index (χ0) is 17.1. The van der Waals surface area contributed by atoms with Gasteiger partial charge in [0.25, 0.3) is 11.5 Å². The van der Waals surface area contributed by atoms with E-state index in [1.807, 2.05) is 0 Å². The summed E-state index contributed by atoms with van der Waals surface area (Å²) in [6.07, 6.45) is 3.49. The highest BCUT2D eigenvalue weighted by molar-refractivity contribution is 5.92. The van der Waals surface area contributed by atoms with Crippen molar-refractivity contribution in [2.24, 2.45) is 7.05 Å². The van der Waals surface area contributed by atoms with Crippen LogP contribution in [0.2, 0.25) is 0 Å². The molecule has 2 aromatic heterocycles. The Balaban J connectivity index is 1.65. The summed E-state index contributed by atoms with van der Waals surface area (Å²) in [4.78, 5) is 33.6. The summed E-state index contributed by atoms with van der Waals surface area (Å²) in [6, 6.07) is 2.77. The largest absolute Gasteiger partial charge is 0.480 e. The molecule has 1 amide bonds. The molecule has 9 heteroatoms. The topological polar surface area (TPSA) is 99.4 Å². The number of carbonyl (C=O) groups excluding carboxylic acids is 1. The monoisotopic (exact) mass is 331 g/mol. The highest BCUT2D eigenvalue weighted by Gasteiger charge is 2.29. The normalized spacial score (nSPS) is 16.9. The molecule has 0 spiro atoms. The highest BCUT2D eigenvalue weighted by Crippen LogP contribution is 2.19. The van der Waals surface area contributed by atoms with Gasteiger partial charge in [0.05, 0.1) is 26.0 Å². The smallest absolute Gasteiger partial charge is 0.274 e. The molecule has 2 aromatic rings. The maximum atomic E-state index is 12.5. The van der Waals surface area contributed by atoms with Gasteiger partial charge in [-0.2, -0.15) is 10.1 Å². The van der Waals surface area contributed by atoms with Crippen LogP contribution in [0.15, 0.2) is 29.3 Å². The van der Waals surface area contributed by atoms with Crippen LogP contribution in [0.5, 0.6) is 11.8 Å². The third-order valence-corrected chi connectivity index (χ3v) is 3.70. The SMILES string of the molecule is COc1cncc(OC2CCN(C(=O)c3ccc(=O)n(C)n3)C2)n1. The molecule has 0 aliphatic carbocycles. The van der Waals surface area contributed by atoms with Crippen molar-refractivity contribution in [1.29, 1.82) is 0 Å². The maximum absolute atomic E-state index is 12.5. The van der Waals surface area contributed by atoms with Crippen molar-refractivity contribution in [2.45, 2.75) is 12.5 Å². The predicted octanol–water partition coefficient (Wildman–Crippen LogP) is -0.128. The van der Waals surface area contributed by atoms with Gasteiger partial charge in [-0.15, -0.1) is 0 Å². The van der Waals surface area contributed by atoms with E-state index in [2.05, 4.69) is 15.1 Å². The van der Waals surface area contributed by atoms with Crippen LogP contribution in [0, 0.1) is 0 Å². The number of hydrogen-bond donors (Lipinski definition) is 0. The Hall–Kier alpha value is -2.97. The molecule has 9 nitrogen and oxygen atoms in total. The summed E-state index contributed by atoms with van der Waals surface area (Å²) >= 11 is 0. The van der Waals surface area contributed by atoms with E-state index in [-0.39, 0.29) is 23.3 Å². The van der Waals surface area contributed by atoms with Gasteiger partial charge < -0.3 is 14.4 Å². The Morgan fingerprint density at radius 3 is 2.83 bits per heavy atom. The summed E-state index contributed by atoms with van der Waals surface area (Å²) in [5.41, 5.74) is -0.0234. The lowest BCUT2D eigenvalue weighted by molar-refractivity contribution is 0.0762. The highest BCUT2D eigenvalue weighted by atomic mass is 16.5. The molecule has 1 aliphatic rings. The molecule has 3 heterocycles. The predicted molar refractivity (Wildman–Crippen MR) is 83.0 cm³/mol. The number of hydrogen-bond acceptors (Lipinski definition) is 7. The molecule has 1 aliphatic heterocycles. The van der Waals surface area contributed by atoms with Gasteiger partial charge in [0.2, 0.25) is 11.8 Å². The molecule has 1 atom stereocenters. The van der Waals surface area contributed by atoms with Gasteiger partial charge in [-0.1, -0.05) is 0 Å². The molecule has 1 fully saturated rings. The van der Waals surface area contributed by atoms with Gasteiger partial charge in [-0.25, -0.2) is 4.68 Å². The second kappa shape index (κ2) is 6.65. The van der Waals surface area contributed by atoms with Gasteiger partial charge in [-0.05, 0) is 6.07 Å². The van der Waals surface area contributed by atoms with Crippen LogP contribution >= 0.6 is 0 Å². The zero-order valence-electron chi connectivity index (χ0n) is 13.4. The van der Waals surface area contributed by atoms with Crippen molar-refractivity contribution in [3.05, 3.63) is 40.6 Å². The third kappa shape index (κ3) is 3.34. The second-order valence-corrected chi connectivity index (χ2v) is 5.36. The Kier molecular flexibility index (Phi) is 4.41. The minimum Gasteiger partial charge on any atom is -0.480 e. The fourth-order valence-corrected chi connectivity index (χ4v) is 2.44. The minimum atomic E-state index is -0.259. The number of methoxy groups -OCH3 is 1. The fourth-order valence-electron chi connectivity index (χ4n) is 2.44. The molecule has 1 saturated heterocycles. The Labute approximate surface area is 137 Å². The van der Waals surface area contributed by atoms with Crippen molar-refractivity contribution >= 4 is 5.91 Å². The molecule has 126 valence electrons. The van der Waals surface area contributed by atoms with Crippen LogP contribution in [0.3, 0.4) is 0 Å². The van der Waals surface area contributed by atoms with Gasteiger partial charge in [0.1, 0.15) is 11.8 Å². The summed E-state index contributed by atoms with van der Waals surface area (Å²) in [7, 11) is 3.01. The van der Waals surface area contributed by atoms with Crippen LogP contribution in [-0.4, -0.2) is 56.9 Å². The number of aromatic nitrogens is 4. The minimum absolute atomic E-state index is 0.178. The van der Waals surface area contributed by atoms with Crippen molar-refractivity contribution in [2.75, 3.05) is 20.2 Å². The van der Waals surface area contributed by atoms with E-state index in [1.165, 1.54) is 38.7 Å². The average molecular weight is 331 g/mol. The van der Waals surface area contributed by atoms with Gasteiger partial charge in [-0.3, -0.25) is 14.6 Å². The number of likely N-dealkylation sites (tertiary alicyclic amines) is 1. The van der Waals surface area contributed by atoms with Crippen molar-refractivity contribution < 1.29 is 14.3 Å². The van der Waals surface area contributed by atoms with Crippen molar-refractivity contribution in [3.8, 4) is 11.8 Å². The fraction of sp³-hybridized carbons (Fsp3) is 0.400. The van der Waals surface area contributed by atoms with E-state index in [4.69, 9.17) is 9.47 Å². The molecule has 3 rings (SSSR count). The average Bonchev–Trinajstić information content (AvgIpc) is 3.05. The van der Waals surface area contributed by atoms with Crippen LogP contribution in [0.25, 0.3) is 0 Å². The molecule has 0 bridgehead atoms. The first-order chi connectivity index (χ1) is 11.6. The van der Waals surface area contributed by atoms with E-state index < -0.39 is 0 Å². The van der Waals surface area contributed by atoms with Crippen molar-refractivity contribution in [3.63, 3.8) is 0 Å². The summed E-state index contributed by atoms with van der Waals surface area (Å²) in [5, 5.41) is 3.98. The zero-order valence-corrected chi connectivity index (χ0v) is 13.4. The molecule has 0 aromatic carbocycles. The number of ether oxygens (including phenoxy) is 2. The Morgan fingerprint density at radius 1 is 1.29 bits per heavy atom. The van der Waals surface area contributed by atoms with E-state index in [0.29, 0.717) is 31.3 Å². The van der Waals surface area contributed by atoms with Crippen LogP contribution in [0.1, 0.15) is 16.9 Å². The first-order valence-electron chi connectivity index (χ1n) is 7.43. The molecule has 0 saturated carbocycles. The van der Waals surface area contributed by atoms with Gasteiger partial charge in [0.15, 0.2) is 0 Å². The molecule has 0 radical (unpaired) electrons. The van der Waals surface area contributed by atoms with E-state index in [1.54, 1.807) is 4.90 Å². The Bertz CT molecular complexity index is 806. The standard InChI is InChI=1S/C15H17N5O4/c1-19-14(21)4-3-11(18-19)15(22)20-6-5-10(9-20)24-13-8-16-7-12(17-13)23-2/h3-4,7-8,10H,5-6,9H2,1-2H3. The summed E-state index contributed by atoms with van der Waals surface area (Å²) < 4.78 is 11.9. The third-order valence-electron chi connectivity index (χ3n) is 3.70. The van der Waals surface area contributed by atoms with Crippen LogP contribution < -0.4 is 15.0 Å². The van der Waals surface area contributed by atoms with Crippen LogP contribution in [0.4, 0.5) is 0 Å².